The Balaban J connectivity index is 1.59. The summed E-state index contributed by atoms with van der Waals surface area (Å²) in [5.41, 5.74) is 6.69. The van der Waals surface area contributed by atoms with Gasteiger partial charge in [0.2, 0.25) is 0 Å². The highest BCUT2D eigenvalue weighted by atomic mass is 32.1. The van der Waals surface area contributed by atoms with E-state index in [4.69, 9.17) is 10.7 Å². The minimum absolute atomic E-state index is 0.350. The first-order valence-electron chi connectivity index (χ1n) is 7.17. The predicted molar refractivity (Wildman–Crippen MR) is 86.3 cm³/mol. The SMILES string of the molecule is NC(=O)c1cn2c(n1)CCN(c1nc3ccccc3s1)CC2. The molecule has 0 radical (unpaired) electrons. The van der Waals surface area contributed by atoms with E-state index in [-0.39, 0.29) is 0 Å². The molecule has 112 valence electrons. The molecule has 1 aliphatic heterocycles. The van der Waals surface area contributed by atoms with Gasteiger partial charge in [-0.1, -0.05) is 23.5 Å². The number of hydrogen-bond donors (Lipinski definition) is 1. The second-order valence-electron chi connectivity index (χ2n) is 5.30. The third-order valence-corrected chi connectivity index (χ3v) is 4.98. The summed E-state index contributed by atoms with van der Waals surface area (Å²) in [7, 11) is 0. The molecule has 3 aromatic rings. The van der Waals surface area contributed by atoms with E-state index in [9.17, 15) is 4.79 Å². The molecule has 0 aliphatic carbocycles. The smallest absolute Gasteiger partial charge is 0.268 e. The third kappa shape index (κ3) is 2.23. The largest absolute Gasteiger partial charge is 0.364 e. The van der Waals surface area contributed by atoms with Gasteiger partial charge in [0.05, 0.1) is 10.2 Å². The molecule has 0 spiro atoms. The second-order valence-corrected chi connectivity index (χ2v) is 6.31. The van der Waals surface area contributed by atoms with Crippen LogP contribution in [0, 0.1) is 0 Å². The van der Waals surface area contributed by atoms with Crippen LogP contribution in [0.25, 0.3) is 10.2 Å². The van der Waals surface area contributed by atoms with Crippen molar-refractivity contribution in [1.82, 2.24) is 14.5 Å². The molecule has 2 aromatic heterocycles. The summed E-state index contributed by atoms with van der Waals surface area (Å²) < 4.78 is 3.23. The fourth-order valence-electron chi connectivity index (χ4n) is 2.73. The topological polar surface area (TPSA) is 77.0 Å². The molecule has 2 N–H and O–H groups in total. The number of carbonyl (C=O) groups is 1. The molecule has 1 amide bonds. The average Bonchev–Trinajstić information content (AvgIpc) is 3.07. The molecule has 0 saturated heterocycles. The predicted octanol–water partition coefficient (Wildman–Crippen LogP) is 1.65. The van der Waals surface area contributed by atoms with Crippen molar-refractivity contribution < 1.29 is 4.79 Å². The summed E-state index contributed by atoms with van der Waals surface area (Å²) in [5, 5.41) is 1.04. The highest BCUT2D eigenvalue weighted by molar-refractivity contribution is 7.22. The molecule has 0 saturated carbocycles. The van der Waals surface area contributed by atoms with E-state index in [2.05, 4.69) is 16.0 Å². The maximum absolute atomic E-state index is 11.2. The Labute approximate surface area is 131 Å². The number of aromatic nitrogens is 3. The first-order valence-corrected chi connectivity index (χ1v) is 7.99. The lowest BCUT2D eigenvalue weighted by Crippen LogP contribution is -2.26. The van der Waals surface area contributed by atoms with Gasteiger partial charge >= 0.3 is 0 Å². The zero-order valence-electron chi connectivity index (χ0n) is 11.9. The quantitative estimate of drug-likeness (QED) is 0.780. The number of thiazole rings is 1. The van der Waals surface area contributed by atoms with Gasteiger partial charge in [-0.15, -0.1) is 0 Å². The number of anilines is 1. The number of hydrogen-bond acceptors (Lipinski definition) is 5. The van der Waals surface area contributed by atoms with Crippen molar-refractivity contribution in [2.75, 3.05) is 18.0 Å². The Bertz CT molecular complexity index is 794. The summed E-state index contributed by atoms with van der Waals surface area (Å²) in [6, 6.07) is 8.18. The van der Waals surface area contributed by atoms with Crippen molar-refractivity contribution in [3.8, 4) is 0 Å². The van der Waals surface area contributed by atoms with Crippen molar-refractivity contribution in [3.63, 3.8) is 0 Å². The van der Waals surface area contributed by atoms with Crippen LogP contribution in [0.1, 0.15) is 16.3 Å². The van der Waals surface area contributed by atoms with E-state index in [0.717, 1.165) is 42.5 Å². The van der Waals surface area contributed by atoms with E-state index in [1.165, 1.54) is 4.70 Å². The molecule has 3 heterocycles. The first-order chi connectivity index (χ1) is 10.7. The summed E-state index contributed by atoms with van der Waals surface area (Å²) in [6.45, 7) is 2.47. The van der Waals surface area contributed by atoms with Crippen LogP contribution >= 0.6 is 11.3 Å². The number of primary amides is 1. The van der Waals surface area contributed by atoms with Gasteiger partial charge in [0.25, 0.3) is 5.91 Å². The van der Waals surface area contributed by atoms with Gasteiger partial charge in [-0.2, -0.15) is 0 Å². The highest BCUT2D eigenvalue weighted by Crippen LogP contribution is 2.29. The maximum Gasteiger partial charge on any atom is 0.268 e. The molecule has 0 fully saturated rings. The Hall–Kier alpha value is -2.41. The lowest BCUT2D eigenvalue weighted by atomic mass is 10.3. The summed E-state index contributed by atoms with van der Waals surface area (Å²) in [5.74, 6) is 0.445. The van der Waals surface area contributed by atoms with Gasteiger partial charge in [0.15, 0.2) is 5.13 Å². The Morgan fingerprint density at radius 3 is 2.86 bits per heavy atom. The molecule has 1 aromatic carbocycles. The van der Waals surface area contributed by atoms with Gasteiger partial charge < -0.3 is 15.2 Å². The van der Waals surface area contributed by atoms with E-state index >= 15 is 0 Å². The fraction of sp³-hybridized carbons (Fsp3) is 0.267. The highest BCUT2D eigenvalue weighted by Gasteiger charge is 2.19. The van der Waals surface area contributed by atoms with Crippen LogP contribution in [-0.4, -0.2) is 33.5 Å². The molecule has 22 heavy (non-hydrogen) atoms. The maximum atomic E-state index is 11.2. The molecule has 7 heteroatoms. The van der Waals surface area contributed by atoms with Crippen molar-refractivity contribution in [1.29, 1.82) is 0 Å². The minimum atomic E-state index is -0.469. The van der Waals surface area contributed by atoms with Gasteiger partial charge in [0.1, 0.15) is 11.5 Å². The molecule has 1 aliphatic rings. The molecule has 0 atom stereocenters. The Morgan fingerprint density at radius 2 is 2.05 bits per heavy atom. The number of nitrogens with two attached hydrogens (primary N) is 1. The number of carbonyl (C=O) groups excluding carboxylic acids is 1. The molecule has 6 nitrogen and oxygen atoms in total. The zero-order chi connectivity index (χ0) is 15.1. The zero-order valence-corrected chi connectivity index (χ0v) is 12.7. The van der Waals surface area contributed by atoms with Crippen LogP contribution in [0.3, 0.4) is 0 Å². The number of amides is 1. The standard InChI is InChI=1S/C15H15N5OS/c16-14(21)11-9-20-8-7-19(6-5-13(20)17-11)15-18-10-3-1-2-4-12(10)22-15/h1-4,9H,5-8H2,(H2,16,21). The van der Waals surface area contributed by atoms with Crippen LogP contribution in [0.4, 0.5) is 5.13 Å². The monoisotopic (exact) mass is 313 g/mol. The van der Waals surface area contributed by atoms with Crippen LogP contribution in [0.5, 0.6) is 0 Å². The molecular formula is C15H15N5OS. The van der Waals surface area contributed by atoms with Gasteiger partial charge in [0, 0.05) is 32.3 Å². The number of fused-ring (bicyclic) bond motifs is 2. The van der Waals surface area contributed by atoms with Gasteiger partial charge in [-0.05, 0) is 12.1 Å². The lowest BCUT2D eigenvalue weighted by Gasteiger charge is -2.18. The van der Waals surface area contributed by atoms with Gasteiger partial charge in [-0.3, -0.25) is 4.79 Å². The third-order valence-electron chi connectivity index (χ3n) is 3.88. The molecular weight excluding hydrogens is 298 g/mol. The summed E-state index contributed by atoms with van der Waals surface area (Å²) >= 11 is 1.71. The summed E-state index contributed by atoms with van der Waals surface area (Å²) in [4.78, 5) is 22.5. The Morgan fingerprint density at radius 1 is 1.18 bits per heavy atom. The second kappa shape index (κ2) is 5.10. The number of rotatable bonds is 2. The minimum Gasteiger partial charge on any atom is -0.364 e. The molecule has 0 bridgehead atoms. The van der Waals surface area contributed by atoms with Crippen LogP contribution < -0.4 is 10.6 Å². The van der Waals surface area contributed by atoms with Crippen LogP contribution in [0.2, 0.25) is 0 Å². The van der Waals surface area contributed by atoms with E-state index in [1.807, 2.05) is 22.8 Å². The van der Waals surface area contributed by atoms with Crippen molar-refractivity contribution in [2.45, 2.75) is 13.0 Å². The van der Waals surface area contributed by atoms with Crippen molar-refractivity contribution >= 4 is 32.6 Å². The average molecular weight is 313 g/mol. The van der Waals surface area contributed by atoms with E-state index < -0.39 is 5.91 Å². The fourth-order valence-corrected chi connectivity index (χ4v) is 3.75. The summed E-state index contributed by atoms with van der Waals surface area (Å²) in [6.07, 6.45) is 2.53. The van der Waals surface area contributed by atoms with Crippen LogP contribution in [0.15, 0.2) is 30.5 Å². The van der Waals surface area contributed by atoms with Gasteiger partial charge in [-0.25, -0.2) is 9.97 Å². The number of imidazole rings is 1. The molecule has 4 rings (SSSR count). The van der Waals surface area contributed by atoms with Crippen LogP contribution in [-0.2, 0) is 13.0 Å². The number of benzene rings is 1. The Kier molecular flexibility index (Phi) is 3.07. The number of para-hydroxylation sites is 1. The van der Waals surface area contributed by atoms with E-state index in [1.54, 1.807) is 17.5 Å². The first kappa shape index (κ1) is 13.3. The van der Waals surface area contributed by atoms with Crippen molar-refractivity contribution in [2.24, 2.45) is 5.73 Å². The normalized spacial score (nSPS) is 14.8. The number of nitrogens with zero attached hydrogens (tertiary/aromatic N) is 4. The lowest BCUT2D eigenvalue weighted by molar-refractivity contribution is 0.0996. The molecule has 0 unspecified atom stereocenters. The van der Waals surface area contributed by atoms with Crippen molar-refractivity contribution in [3.05, 3.63) is 42.0 Å². The van der Waals surface area contributed by atoms with E-state index in [0.29, 0.717) is 5.69 Å².